The summed E-state index contributed by atoms with van der Waals surface area (Å²) in [6.07, 6.45) is 5.32. The Morgan fingerprint density at radius 3 is 2.46 bits per heavy atom. The fraction of sp³-hybridized carbons (Fsp3) is 0.421. The number of nitro benzene ring substituents is 1. The zero-order valence-electron chi connectivity index (χ0n) is 15.7. The Balaban J connectivity index is 1.72. The van der Waals surface area contributed by atoms with Crippen molar-refractivity contribution in [3.63, 3.8) is 0 Å². The summed E-state index contributed by atoms with van der Waals surface area (Å²) in [7, 11) is -3.51. The number of non-ortho nitro benzene ring substituents is 1. The number of benzene rings is 1. The maximum Gasteiger partial charge on any atom is 0.269 e. The first-order chi connectivity index (χ1) is 13.4. The topological polar surface area (TPSA) is 93.4 Å². The predicted molar refractivity (Wildman–Crippen MR) is 109 cm³/mol. The van der Waals surface area contributed by atoms with Crippen molar-refractivity contribution in [3.8, 4) is 0 Å². The van der Waals surface area contributed by atoms with Crippen LogP contribution in [0.3, 0.4) is 0 Å². The minimum absolute atomic E-state index is 0.0526. The normalized spacial score (nSPS) is 17.0. The average molecular weight is 422 g/mol. The summed E-state index contributed by atoms with van der Waals surface area (Å²) in [5.41, 5.74) is 0.874. The van der Waals surface area contributed by atoms with E-state index in [2.05, 4.69) is 4.98 Å². The van der Waals surface area contributed by atoms with Crippen LogP contribution in [0.1, 0.15) is 43.4 Å². The van der Waals surface area contributed by atoms with Gasteiger partial charge in [0.1, 0.15) is 4.90 Å². The van der Waals surface area contributed by atoms with Gasteiger partial charge in [-0.15, -0.1) is 0 Å². The lowest BCUT2D eigenvalue weighted by atomic mass is 10.1. The molecule has 1 fully saturated rings. The Bertz CT molecular complexity index is 924. The highest BCUT2D eigenvalue weighted by atomic mass is 32.2. The number of thioether (sulfide) groups is 1. The molecule has 1 aromatic heterocycles. The first-order valence-corrected chi connectivity index (χ1v) is 11.6. The van der Waals surface area contributed by atoms with Crippen molar-refractivity contribution in [2.24, 2.45) is 0 Å². The van der Waals surface area contributed by atoms with Gasteiger partial charge < -0.3 is 0 Å². The molecule has 1 atom stereocenters. The summed E-state index contributed by atoms with van der Waals surface area (Å²) < 4.78 is 27.2. The largest absolute Gasteiger partial charge is 0.269 e. The summed E-state index contributed by atoms with van der Waals surface area (Å²) in [5, 5.41) is 11.6. The van der Waals surface area contributed by atoms with Crippen LogP contribution >= 0.6 is 11.8 Å². The summed E-state index contributed by atoms with van der Waals surface area (Å²) in [4.78, 5) is 15.0. The third kappa shape index (κ3) is 4.89. The molecular formula is C19H23N3O4S2. The number of sulfonamides is 1. The van der Waals surface area contributed by atoms with Gasteiger partial charge >= 0.3 is 0 Å². The minimum Gasteiger partial charge on any atom is -0.258 e. The van der Waals surface area contributed by atoms with E-state index >= 15 is 0 Å². The molecule has 2 aromatic rings. The van der Waals surface area contributed by atoms with Crippen LogP contribution in [0.5, 0.6) is 0 Å². The lowest BCUT2D eigenvalue weighted by Crippen LogP contribution is -2.32. The Morgan fingerprint density at radius 2 is 1.86 bits per heavy atom. The van der Waals surface area contributed by atoms with Crippen LogP contribution in [-0.2, 0) is 10.0 Å². The van der Waals surface area contributed by atoms with E-state index < -0.39 is 14.9 Å². The quantitative estimate of drug-likeness (QED) is 0.390. The number of hydrogen-bond donors (Lipinski definition) is 0. The van der Waals surface area contributed by atoms with Gasteiger partial charge in [0.25, 0.3) is 5.69 Å². The van der Waals surface area contributed by atoms with Gasteiger partial charge in [-0.3, -0.25) is 10.1 Å². The van der Waals surface area contributed by atoms with Crippen molar-refractivity contribution >= 4 is 27.5 Å². The molecule has 0 amide bonds. The van der Waals surface area contributed by atoms with Crippen molar-refractivity contribution in [2.45, 2.75) is 47.8 Å². The Morgan fingerprint density at radius 1 is 1.14 bits per heavy atom. The molecule has 1 aromatic carbocycles. The van der Waals surface area contributed by atoms with Crippen molar-refractivity contribution < 1.29 is 13.3 Å². The highest BCUT2D eigenvalue weighted by molar-refractivity contribution is 7.99. The van der Waals surface area contributed by atoms with E-state index in [0.29, 0.717) is 18.1 Å². The highest BCUT2D eigenvalue weighted by Crippen LogP contribution is 2.35. The van der Waals surface area contributed by atoms with Crippen LogP contribution in [0.2, 0.25) is 0 Å². The highest BCUT2D eigenvalue weighted by Gasteiger charge is 2.25. The van der Waals surface area contributed by atoms with E-state index in [0.717, 1.165) is 31.2 Å². The van der Waals surface area contributed by atoms with Crippen molar-refractivity contribution in [1.29, 1.82) is 0 Å². The molecule has 1 aliphatic heterocycles. The van der Waals surface area contributed by atoms with Gasteiger partial charge in [0.05, 0.1) is 9.95 Å². The SMILES string of the molecule is CC(Sc1ccc(S(=O)(=O)N2CCCCCC2)cn1)c1cccc([N+](=O)[O-])c1. The van der Waals surface area contributed by atoms with Gasteiger partial charge in [-0.25, -0.2) is 13.4 Å². The Hall–Kier alpha value is -1.97. The molecule has 0 N–H and O–H groups in total. The van der Waals surface area contributed by atoms with Gasteiger partial charge in [0.15, 0.2) is 0 Å². The first kappa shape index (κ1) is 20.8. The fourth-order valence-electron chi connectivity index (χ4n) is 3.16. The maximum absolute atomic E-state index is 12.8. The molecular weight excluding hydrogens is 398 g/mol. The van der Waals surface area contributed by atoms with Gasteiger partial charge in [-0.1, -0.05) is 36.7 Å². The van der Waals surface area contributed by atoms with Crippen molar-refractivity contribution in [1.82, 2.24) is 9.29 Å². The molecule has 0 bridgehead atoms. The molecule has 0 aliphatic carbocycles. The molecule has 0 radical (unpaired) electrons. The molecule has 9 heteroatoms. The van der Waals surface area contributed by atoms with Gasteiger partial charge in [-0.05, 0) is 37.5 Å². The number of rotatable bonds is 6. The smallest absolute Gasteiger partial charge is 0.258 e. The van der Waals surface area contributed by atoms with Crippen molar-refractivity contribution in [3.05, 3.63) is 58.3 Å². The van der Waals surface area contributed by atoms with Crippen LogP contribution in [0.15, 0.2) is 52.5 Å². The summed E-state index contributed by atoms with van der Waals surface area (Å²) in [6, 6.07) is 9.80. The second-order valence-corrected chi connectivity index (χ2v) is 10.1. The minimum atomic E-state index is -3.51. The molecule has 3 rings (SSSR count). The number of aromatic nitrogens is 1. The standard InChI is InChI=1S/C19H23N3O4S2/c1-15(16-7-6-8-17(13-16)22(23)24)27-19-10-9-18(14-20-19)28(25,26)21-11-4-2-3-5-12-21/h6-10,13-15H,2-5,11-12H2,1H3. The molecule has 150 valence electrons. The first-order valence-electron chi connectivity index (χ1n) is 9.25. The molecule has 7 nitrogen and oxygen atoms in total. The molecule has 1 unspecified atom stereocenters. The lowest BCUT2D eigenvalue weighted by molar-refractivity contribution is -0.384. The van der Waals surface area contributed by atoms with Crippen LogP contribution in [0.4, 0.5) is 5.69 Å². The molecule has 0 spiro atoms. The van der Waals surface area contributed by atoms with Crippen molar-refractivity contribution in [2.75, 3.05) is 13.1 Å². The van der Waals surface area contributed by atoms with E-state index in [4.69, 9.17) is 0 Å². The van der Waals surface area contributed by atoms with Crippen LogP contribution in [-0.4, -0.2) is 35.7 Å². The van der Waals surface area contributed by atoms with Crippen LogP contribution in [0.25, 0.3) is 0 Å². The molecule has 2 heterocycles. The molecule has 0 saturated carbocycles. The molecule has 28 heavy (non-hydrogen) atoms. The third-order valence-electron chi connectivity index (χ3n) is 4.76. The Kier molecular flexibility index (Phi) is 6.69. The summed E-state index contributed by atoms with van der Waals surface area (Å²) in [5.74, 6) is 0. The monoisotopic (exact) mass is 421 g/mol. The van der Waals surface area contributed by atoms with Gasteiger partial charge in [0, 0.05) is 36.7 Å². The number of nitrogens with zero attached hydrogens (tertiary/aromatic N) is 3. The predicted octanol–water partition coefficient (Wildman–Crippen LogP) is 4.41. The zero-order chi connectivity index (χ0) is 20.1. The summed E-state index contributed by atoms with van der Waals surface area (Å²) in [6.45, 7) is 3.05. The zero-order valence-corrected chi connectivity index (χ0v) is 17.3. The fourth-order valence-corrected chi connectivity index (χ4v) is 5.53. The van der Waals surface area contributed by atoms with E-state index in [1.807, 2.05) is 13.0 Å². The van der Waals surface area contributed by atoms with E-state index in [1.54, 1.807) is 28.6 Å². The van der Waals surface area contributed by atoms with E-state index in [9.17, 15) is 18.5 Å². The number of nitro groups is 1. The Labute approximate surface area is 169 Å². The van der Waals surface area contributed by atoms with Gasteiger partial charge in [0.2, 0.25) is 10.0 Å². The third-order valence-corrected chi connectivity index (χ3v) is 7.75. The number of hydrogen-bond acceptors (Lipinski definition) is 6. The lowest BCUT2D eigenvalue weighted by Gasteiger charge is -2.19. The van der Waals surface area contributed by atoms with Crippen LogP contribution < -0.4 is 0 Å². The molecule has 1 aliphatic rings. The average Bonchev–Trinajstić information content (AvgIpc) is 2.98. The van der Waals surface area contributed by atoms with Gasteiger partial charge in [-0.2, -0.15) is 4.31 Å². The summed E-state index contributed by atoms with van der Waals surface area (Å²) >= 11 is 1.43. The molecule has 1 saturated heterocycles. The number of pyridine rings is 1. The second-order valence-electron chi connectivity index (χ2n) is 6.76. The maximum atomic E-state index is 12.8. The van der Waals surface area contributed by atoms with Crippen LogP contribution in [0, 0.1) is 10.1 Å². The van der Waals surface area contributed by atoms with E-state index in [1.165, 1.54) is 24.0 Å². The van der Waals surface area contributed by atoms with E-state index in [-0.39, 0.29) is 15.8 Å². The second kappa shape index (κ2) is 9.02.